The predicted molar refractivity (Wildman–Crippen MR) is 108 cm³/mol. The highest BCUT2D eigenvalue weighted by Gasteiger charge is 2.35. The molecule has 0 radical (unpaired) electrons. The number of nitrogens with zero attached hydrogens (tertiary/aromatic N) is 2. The van der Waals surface area contributed by atoms with Gasteiger partial charge in [-0.3, -0.25) is 4.79 Å². The zero-order valence-electron chi connectivity index (χ0n) is 16.6. The first kappa shape index (κ1) is 19.3. The fraction of sp³-hybridized carbons (Fsp3) is 0.318. The Morgan fingerprint density at radius 1 is 1.14 bits per heavy atom. The van der Waals surface area contributed by atoms with Gasteiger partial charge in [-0.05, 0) is 44.5 Å². The Morgan fingerprint density at radius 2 is 1.83 bits per heavy atom. The maximum Gasteiger partial charge on any atom is 0.258 e. The van der Waals surface area contributed by atoms with Crippen molar-refractivity contribution in [3.63, 3.8) is 0 Å². The molecular formula is C22H23N3O4. The topological polar surface area (TPSA) is 100 Å². The van der Waals surface area contributed by atoms with Gasteiger partial charge in [0.05, 0.1) is 30.4 Å². The Balaban J connectivity index is 1.60. The maximum atomic E-state index is 12.0. The van der Waals surface area contributed by atoms with Gasteiger partial charge in [-0.1, -0.05) is 29.4 Å². The molecule has 0 amide bonds. The first-order valence-electron chi connectivity index (χ1n) is 9.49. The summed E-state index contributed by atoms with van der Waals surface area (Å²) in [5, 5.41) is 4.08. The van der Waals surface area contributed by atoms with Crippen LogP contribution in [0, 0.1) is 0 Å². The molecule has 7 nitrogen and oxygen atoms in total. The van der Waals surface area contributed by atoms with E-state index in [2.05, 4.69) is 10.1 Å². The first-order chi connectivity index (χ1) is 13.9. The summed E-state index contributed by atoms with van der Waals surface area (Å²) < 4.78 is 16.4. The third-order valence-electron chi connectivity index (χ3n) is 4.83. The van der Waals surface area contributed by atoms with Gasteiger partial charge in [-0.25, -0.2) is 0 Å². The van der Waals surface area contributed by atoms with Gasteiger partial charge in [-0.2, -0.15) is 4.98 Å². The molecule has 1 saturated heterocycles. The third kappa shape index (κ3) is 3.79. The number of hydrogen-bond donors (Lipinski definition) is 1. The molecule has 1 aliphatic rings. The normalized spacial score (nSPS) is 15.2. The minimum absolute atomic E-state index is 0.0314. The molecule has 0 atom stereocenters. The zero-order valence-corrected chi connectivity index (χ0v) is 16.6. The van der Waals surface area contributed by atoms with Crippen LogP contribution < -0.4 is 10.5 Å². The summed E-state index contributed by atoms with van der Waals surface area (Å²) in [7, 11) is 0. The van der Waals surface area contributed by atoms with Crippen molar-refractivity contribution in [3.8, 4) is 28.6 Å². The molecule has 0 spiro atoms. The Bertz CT molecular complexity index is 1040. The standard InChI is InChI=1S/C22H23N3O4/c1-13(2)28-19-9-6-16(10-18(19)14(3)26)21-24-20(25-29-21)15-4-7-17(8-5-15)22(23)11-27-12-22/h4-10,13H,11-12,23H2,1-3H3. The van der Waals surface area contributed by atoms with E-state index in [4.69, 9.17) is 19.7 Å². The van der Waals surface area contributed by atoms with E-state index in [9.17, 15) is 4.79 Å². The number of aromatic nitrogens is 2. The lowest BCUT2D eigenvalue weighted by molar-refractivity contribution is -0.0569. The summed E-state index contributed by atoms with van der Waals surface area (Å²) in [5.41, 5.74) is 8.83. The van der Waals surface area contributed by atoms with Crippen molar-refractivity contribution in [2.45, 2.75) is 32.4 Å². The van der Waals surface area contributed by atoms with Gasteiger partial charge in [0.15, 0.2) is 5.78 Å². The zero-order chi connectivity index (χ0) is 20.6. The minimum atomic E-state index is -0.413. The van der Waals surface area contributed by atoms with E-state index in [-0.39, 0.29) is 11.9 Å². The average Bonchev–Trinajstić information content (AvgIpc) is 3.16. The number of nitrogens with two attached hydrogens (primary N) is 1. The second-order valence-electron chi connectivity index (χ2n) is 7.58. The lowest BCUT2D eigenvalue weighted by Gasteiger charge is -2.38. The highest BCUT2D eigenvalue weighted by atomic mass is 16.5. The summed E-state index contributed by atoms with van der Waals surface area (Å²) in [6, 6.07) is 13.0. The highest BCUT2D eigenvalue weighted by Crippen LogP contribution is 2.30. The average molecular weight is 393 g/mol. The quantitative estimate of drug-likeness (QED) is 0.639. The molecule has 1 aromatic heterocycles. The maximum absolute atomic E-state index is 12.0. The lowest BCUT2D eigenvalue weighted by atomic mass is 9.89. The fourth-order valence-corrected chi connectivity index (χ4v) is 3.19. The van der Waals surface area contributed by atoms with Gasteiger partial charge in [0.25, 0.3) is 5.89 Å². The molecule has 0 saturated carbocycles. The van der Waals surface area contributed by atoms with Crippen LogP contribution in [0.3, 0.4) is 0 Å². The SMILES string of the molecule is CC(=O)c1cc(-c2nc(-c3ccc(C4(N)COC4)cc3)no2)ccc1OC(C)C. The summed E-state index contributed by atoms with van der Waals surface area (Å²) in [6.45, 7) is 6.38. The summed E-state index contributed by atoms with van der Waals surface area (Å²) >= 11 is 0. The smallest absolute Gasteiger partial charge is 0.258 e. The van der Waals surface area contributed by atoms with Crippen molar-refractivity contribution in [3.05, 3.63) is 53.6 Å². The monoisotopic (exact) mass is 393 g/mol. The molecule has 2 aromatic carbocycles. The summed E-state index contributed by atoms with van der Waals surface area (Å²) in [4.78, 5) is 16.5. The van der Waals surface area contributed by atoms with Crippen LogP contribution in [-0.4, -0.2) is 35.2 Å². The number of Topliss-reactive ketones (excluding diaryl/α,β-unsaturated/α-hetero) is 1. The van der Waals surface area contributed by atoms with Crippen LogP contribution in [-0.2, 0) is 10.3 Å². The van der Waals surface area contributed by atoms with Crippen LogP contribution in [0.5, 0.6) is 5.75 Å². The van der Waals surface area contributed by atoms with Gasteiger partial charge in [-0.15, -0.1) is 0 Å². The van der Waals surface area contributed by atoms with Crippen LogP contribution in [0.15, 0.2) is 47.0 Å². The van der Waals surface area contributed by atoms with E-state index in [0.29, 0.717) is 41.8 Å². The molecule has 2 N–H and O–H groups in total. The Kier molecular flexibility index (Phi) is 4.94. The largest absolute Gasteiger partial charge is 0.490 e. The molecule has 1 aliphatic heterocycles. The molecule has 3 aromatic rings. The second kappa shape index (κ2) is 7.42. The molecule has 0 aliphatic carbocycles. The Hall–Kier alpha value is -3.03. The fourth-order valence-electron chi connectivity index (χ4n) is 3.19. The van der Waals surface area contributed by atoms with Crippen molar-refractivity contribution >= 4 is 5.78 Å². The summed E-state index contributed by atoms with van der Waals surface area (Å²) in [5.74, 6) is 1.26. The number of rotatable bonds is 6. The number of carbonyl (C=O) groups is 1. The molecule has 150 valence electrons. The van der Waals surface area contributed by atoms with Gasteiger partial charge in [0, 0.05) is 11.1 Å². The van der Waals surface area contributed by atoms with Crippen molar-refractivity contribution in [1.82, 2.24) is 10.1 Å². The highest BCUT2D eigenvalue weighted by molar-refractivity contribution is 5.97. The molecule has 7 heteroatoms. The van der Waals surface area contributed by atoms with Crippen LogP contribution in [0.1, 0.15) is 36.7 Å². The second-order valence-corrected chi connectivity index (χ2v) is 7.58. The van der Waals surface area contributed by atoms with Crippen LogP contribution in [0.25, 0.3) is 22.8 Å². The lowest BCUT2D eigenvalue weighted by Crippen LogP contribution is -2.54. The number of hydrogen-bond acceptors (Lipinski definition) is 7. The number of ketones is 1. The van der Waals surface area contributed by atoms with Crippen LogP contribution >= 0.6 is 0 Å². The number of carbonyl (C=O) groups excluding carboxylic acids is 1. The van der Waals surface area contributed by atoms with Crippen LogP contribution in [0.2, 0.25) is 0 Å². The predicted octanol–water partition coefficient (Wildman–Crippen LogP) is 3.58. The number of ether oxygens (including phenoxy) is 2. The van der Waals surface area contributed by atoms with E-state index >= 15 is 0 Å². The number of benzene rings is 2. The molecular weight excluding hydrogens is 370 g/mol. The van der Waals surface area contributed by atoms with Crippen LogP contribution in [0.4, 0.5) is 0 Å². The van der Waals surface area contributed by atoms with E-state index in [0.717, 1.165) is 11.1 Å². The Morgan fingerprint density at radius 3 is 2.41 bits per heavy atom. The third-order valence-corrected chi connectivity index (χ3v) is 4.83. The van der Waals surface area contributed by atoms with E-state index < -0.39 is 5.54 Å². The van der Waals surface area contributed by atoms with Gasteiger partial charge >= 0.3 is 0 Å². The molecule has 4 rings (SSSR count). The van der Waals surface area contributed by atoms with Gasteiger partial charge in [0.1, 0.15) is 5.75 Å². The molecule has 29 heavy (non-hydrogen) atoms. The van der Waals surface area contributed by atoms with E-state index in [1.165, 1.54) is 6.92 Å². The van der Waals surface area contributed by atoms with Crippen molar-refractivity contribution in [1.29, 1.82) is 0 Å². The molecule has 2 heterocycles. The van der Waals surface area contributed by atoms with Crippen molar-refractivity contribution in [2.24, 2.45) is 5.73 Å². The van der Waals surface area contributed by atoms with E-state index in [1.807, 2.05) is 38.1 Å². The minimum Gasteiger partial charge on any atom is -0.490 e. The molecule has 0 bridgehead atoms. The molecule has 0 unspecified atom stereocenters. The molecule has 1 fully saturated rings. The summed E-state index contributed by atoms with van der Waals surface area (Å²) in [6.07, 6.45) is -0.0314. The Labute approximate surface area is 168 Å². The first-order valence-corrected chi connectivity index (χ1v) is 9.49. The van der Waals surface area contributed by atoms with Crippen molar-refractivity contribution in [2.75, 3.05) is 13.2 Å². The van der Waals surface area contributed by atoms with E-state index in [1.54, 1.807) is 18.2 Å². The van der Waals surface area contributed by atoms with Crippen molar-refractivity contribution < 1.29 is 18.8 Å². The van der Waals surface area contributed by atoms with Gasteiger partial charge < -0.3 is 19.7 Å². The van der Waals surface area contributed by atoms with Gasteiger partial charge in [0.2, 0.25) is 5.82 Å².